The van der Waals surface area contributed by atoms with E-state index in [0.717, 1.165) is 25.4 Å². The molecule has 3 heteroatoms. The summed E-state index contributed by atoms with van der Waals surface area (Å²) in [5.74, 6) is 2.18. The fraction of sp³-hybridized carbons (Fsp3) is 0.538. The zero-order valence-corrected chi connectivity index (χ0v) is 11.2. The number of rotatable bonds is 7. The number of hydrogen-bond donors (Lipinski definition) is 0. The lowest BCUT2D eigenvalue weighted by molar-refractivity contribution is 0.244. The highest BCUT2D eigenvalue weighted by molar-refractivity contribution is 7.98. The van der Waals surface area contributed by atoms with Crippen LogP contribution < -0.4 is 4.74 Å². The Morgan fingerprint density at radius 1 is 1.25 bits per heavy atom. The molecule has 0 aromatic heterocycles. The van der Waals surface area contributed by atoms with Gasteiger partial charge in [-0.05, 0) is 31.9 Å². The molecule has 16 heavy (non-hydrogen) atoms. The molecule has 0 N–H and O–H groups in total. The molecule has 0 atom stereocenters. The highest BCUT2D eigenvalue weighted by Crippen LogP contribution is 2.15. The summed E-state index contributed by atoms with van der Waals surface area (Å²) in [6, 6.07) is 8.15. The number of benzene rings is 1. The summed E-state index contributed by atoms with van der Waals surface area (Å²) < 4.78 is 5.74. The van der Waals surface area contributed by atoms with E-state index >= 15 is 0 Å². The first-order valence-corrected chi connectivity index (χ1v) is 6.99. The van der Waals surface area contributed by atoms with Gasteiger partial charge in [0.05, 0.1) is 0 Å². The molecular weight excluding hydrogens is 218 g/mol. The number of para-hydroxylation sites is 1. The van der Waals surface area contributed by atoms with Crippen molar-refractivity contribution in [3.05, 3.63) is 29.8 Å². The SMILES string of the molecule is CSCCN(C)CCOc1ccccc1C. The average molecular weight is 239 g/mol. The maximum absolute atomic E-state index is 5.74. The molecule has 0 aliphatic carbocycles. The Bertz CT molecular complexity index is 304. The van der Waals surface area contributed by atoms with E-state index in [-0.39, 0.29) is 0 Å². The number of aryl methyl sites for hydroxylation is 1. The van der Waals surface area contributed by atoms with E-state index in [4.69, 9.17) is 4.74 Å². The fourth-order valence-corrected chi connectivity index (χ4v) is 1.88. The van der Waals surface area contributed by atoms with Crippen LogP contribution in [-0.4, -0.2) is 43.7 Å². The van der Waals surface area contributed by atoms with Crippen LogP contribution in [-0.2, 0) is 0 Å². The maximum Gasteiger partial charge on any atom is 0.122 e. The molecule has 0 bridgehead atoms. The summed E-state index contributed by atoms with van der Waals surface area (Å²) in [4.78, 5) is 2.30. The van der Waals surface area contributed by atoms with Crippen molar-refractivity contribution in [2.45, 2.75) is 6.92 Å². The third-order valence-corrected chi connectivity index (χ3v) is 3.09. The van der Waals surface area contributed by atoms with Gasteiger partial charge in [0.25, 0.3) is 0 Å². The van der Waals surface area contributed by atoms with E-state index in [2.05, 4.69) is 31.2 Å². The Hall–Kier alpha value is -0.670. The summed E-state index contributed by atoms with van der Waals surface area (Å²) in [7, 11) is 2.14. The lowest BCUT2D eigenvalue weighted by Gasteiger charge is -2.16. The molecule has 0 fully saturated rings. The van der Waals surface area contributed by atoms with Crippen LogP contribution in [0.4, 0.5) is 0 Å². The van der Waals surface area contributed by atoms with Crippen LogP contribution in [0, 0.1) is 6.92 Å². The van der Waals surface area contributed by atoms with E-state index in [1.807, 2.05) is 30.0 Å². The van der Waals surface area contributed by atoms with Crippen LogP contribution in [0.15, 0.2) is 24.3 Å². The topological polar surface area (TPSA) is 12.5 Å². The van der Waals surface area contributed by atoms with Gasteiger partial charge in [0.2, 0.25) is 0 Å². The van der Waals surface area contributed by atoms with E-state index < -0.39 is 0 Å². The van der Waals surface area contributed by atoms with Crippen molar-refractivity contribution < 1.29 is 4.74 Å². The Morgan fingerprint density at radius 3 is 2.69 bits per heavy atom. The van der Waals surface area contributed by atoms with E-state index in [1.165, 1.54) is 11.3 Å². The van der Waals surface area contributed by atoms with Crippen molar-refractivity contribution in [1.82, 2.24) is 4.90 Å². The predicted molar refractivity (Wildman–Crippen MR) is 72.6 cm³/mol. The smallest absolute Gasteiger partial charge is 0.122 e. The summed E-state index contributed by atoms with van der Waals surface area (Å²) in [6.45, 7) is 4.94. The fourth-order valence-electron chi connectivity index (χ4n) is 1.39. The molecule has 0 aliphatic heterocycles. The van der Waals surface area contributed by atoms with Gasteiger partial charge in [-0.2, -0.15) is 11.8 Å². The number of nitrogens with zero attached hydrogens (tertiary/aromatic N) is 1. The van der Waals surface area contributed by atoms with E-state index in [0.29, 0.717) is 0 Å². The number of ether oxygens (including phenoxy) is 1. The van der Waals surface area contributed by atoms with Crippen LogP contribution >= 0.6 is 11.8 Å². The zero-order valence-electron chi connectivity index (χ0n) is 10.4. The van der Waals surface area contributed by atoms with Crippen LogP contribution in [0.5, 0.6) is 5.75 Å². The molecule has 1 aromatic rings. The first-order chi connectivity index (χ1) is 7.74. The van der Waals surface area contributed by atoms with Crippen molar-refractivity contribution in [3.63, 3.8) is 0 Å². The molecule has 0 spiro atoms. The molecule has 0 radical (unpaired) electrons. The zero-order chi connectivity index (χ0) is 11.8. The molecule has 0 saturated carbocycles. The first kappa shape index (κ1) is 13.4. The first-order valence-electron chi connectivity index (χ1n) is 5.60. The van der Waals surface area contributed by atoms with Gasteiger partial charge in [-0.25, -0.2) is 0 Å². The third-order valence-electron chi connectivity index (χ3n) is 2.50. The minimum absolute atomic E-state index is 0.760. The standard InChI is InChI=1S/C13H21NOS/c1-12-6-4-5-7-13(12)15-10-8-14(2)9-11-16-3/h4-7H,8-11H2,1-3H3. The van der Waals surface area contributed by atoms with Gasteiger partial charge >= 0.3 is 0 Å². The second-order valence-electron chi connectivity index (χ2n) is 3.91. The molecule has 0 unspecified atom stereocenters. The number of thioether (sulfide) groups is 1. The average Bonchev–Trinajstić information content (AvgIpc) is 2.29. The molecule has 0 heterocycles. The third kappa shape index (κ3) is 4.90. The summed E-state index contributed by atoms with van der Waals surface area (Å²) in [6.07, 6.45) is 2.14. The highest BCUT2D eigenvalue weighted by Gasteiger charge is 2.00. The monoisotopic (exact) mass is 239 g/mol. The van der Waals surface area contributed by atoms with Crippen molar-refractivity contribution in [2.24, 2.45) is 0 Å². The lowest BCUT2D eigenvalue weighted by atomic mass is 10.2. The number of hydrogen-bond acceptors (Lipinski definition) is 3. The molecular formula is C13H21NOS. The highest BCUT2D eigenvalue weighted by atomic mass is 32.2. The van der Waals surface area contributed by atoms with Crippen molar-refractivity contribution in [3.8, 4) is 5.75 Å². The van der Waals surface area contributed by atoms with Crippen molar-refractivity contribution in [2.75, 3.05) is 38.8 Å². The van der Waals surface area contributed by atoms with Gasteiger partial charge in [0.1, 0.15) is 12.4 Å². The minimum atomic E-state index is 0.760. The maximum atomic E-state index is 5.74. The Kier molecular flexibility index (Phi) is 6.34. The van der Waals surface area contributed by atoms with Gasteiger partial charge in [0, 0.05) is 18.8 Å². The largest absolute Gasteiger partial charge is 0.492 e. The minimum Gasteiger partial charge on any atom is -0.492 e. The van der Waals surface area contributed by atoms with Gasteiger partial charge < -0.3 is 9.64 Å². The second-order valence-corrected chi connectivity index (χ2v) is 4.90. The predicted octanol–water partition coefficient (Wildman–Crippen LogP) is 2.67. The van der Waals surface area contributed by atoms with E-state index in [1.54, 1.807) is 0 Å². The van der Waals surface area contributed by atoms with E-state index in [9.17, 15) is 0 Å². The molecule has 90 valence electrons. The van der Waals surface area contributed by atoms with Crippen molar-refractivity contribution in [1.29, 1.82) is 0 Å². The van der Waals surface area contributed by atoms with Crippen LogP contribution in [0.1, 0.15) is 5.56 Å². The quantitative estimate of drug-likeness (QED) is 0.726. The van der Waals surface area contributed by atoms with Gasteiger partial charge in [-0.15, -0.1) is 0 Å². The molecule has 1 aromatic carbocycles. The Labute approximate surface area is 103 Å². The summed E-state index contributed by atoms with van der Waals surface area (Å²) in [5, 5.41) is 0. The summed E-state index contributed by atoms with van der Waals surface area (Å²) >= 11 is 1.88. The molecule has 0 aliphatic rings. The lowest BCUT2D eigenvalue weighted by Crippen LogP contribution is -2.26. The normalized spacial score (nSPS) is 10.8. The van der Waals surface area contributed by atoms with Gasteiger partial charge in [-0.1, -0.05) is 18.2 Å². The van der Waals surface area contributed by atoms with Crippen LogP contribution in [0.3, 0.4) is 0 Å². The molecule has 1 rings (SSSR count). The Morgan fingerprint density at radius 2 is 2.00 bits per heavy atom. The summed E-state index contributed by atoms with van der Waals surface area (Å²) in [5.41, 5.74) is 1.20. The van der Waals surface area contributed by atoms with Crippen molar-refractivity contribution >= 4 is 11.8 Å². The van der Waals surface area contributed by atoms with Gasteiger partial charge in [0.15, 0.2) is 0 Å². The molecule has 0 amide bonds. The van der Waals surface area contributed by atoms with Crippen LogP contribution in [0.25, 0.3) is 0 Å². The Balaban J connectivity index is 2.23. The van der Waals surface area contributed by atoms with Crippen LogP contribution in [0.2, 0.25) is 0 Å². The molecule has 2 nitrogen and oxygen atoms in total. The second kappa shape index (κ2) is 7.58. The number of likely N-dealkylation sites (N-methyl/N-ethyl adjacent to an activating group) is 1. The van der Waals surface area contributed by atoms with Gasteiger partial charge in [-0.3, -0.25) is 0 Å². The molecule has 0 saturated heterocycles.